The number of likely N-dealkylation sites (tertiary alicyclic amines) is 1. The predicted octanol–water partition coefficient (Wildman–Crippen LogP) is 3.13. The number of rotatable bonds is 5. The summed E-state index contributed by atoms with van der Waals surface area (Å²) in [5.74, 6) is 1.54. The van der Waals surface area contributed by atoms with Crippen LogP contribution in [-0.4, -0.2) is 26.2 Å². The average Bonchev–Trinajstić information content (AvgIpc) is 3.13. The van der Waals surface area contributed by atoms with E-state index in [0.717, 1.165) is 54.9 Å². The second-order valence-electron chi connectivity index (χ2n) is 7.47. The largest absolute Gasteiger partial charge is 0.364 e. The van der Waals surface area contributed by atoms with E-state index in [1.54, 1.807) is 6.26 Å². The van der Waals surface area contributed by atoms with Crippen molar-refractivity contribution in [3.05, 3.63) is 58.5 Å². The van der Waals surface area contributed by atoms with Gasteiger partial charge in [-0.15, -0.1) is 0 Å². The van der Waals surface area contributed by atoms with Gasteiger partial charge in [-0.25, -0.2) is 4.98 Å². The Bertz CT molecular complexity index is 975. The first kappa shape index (κ1) is 15.8. The predicted molar refractivity (Wildman–Crippen MR) is 97.6 cm³/mol. The van der Waals surface area contributed by atoms with E-state index in [-0.39, 0.29) is 11.6 Å². The third kappa shape index (κ3) is 2.84. The van der Waals surface area contributed by atoms with Crippen molar-refractivity contribution in [1.29, 1.82) is 0 Å². The molecule has 5 rings (SSSR count). The van der Waals surface area contributed by atoms with Crippen molar-refractivity contribution >= 4 is 10.9 Å². The first-order valence-corrected chi connectivity index (χ1v) is 9.42. The first-order valence-electron chi connectivity index (χ1n) is 9.42. The van der Waals surface area contributed by atoms with Gasteiger partial charge in [0.15, 0.2) is 0 Å². The molecule has 0 spiro atoms. The molecule has 1 saturated heterocycles. The zero-order valence-corrected chi connectivity index (χ0v) is 14.7. The minimum Gasteiger partial charge on any atom is -0.364 e. The maximum Gasteiger partial charge on any atom is 0.261 e. The fourth-order valence-corrected chi connectivity index (χ4v) is 4.01. The maximum absolute atomic E-state index is 13.2. The van der Waals surface area contributed by atoms with Gasteiger partial charge in [-0.1, -0.05) is 17.3 Å². The molecular weight excluding hydrogens is 328 g/mol. The molecule has 2 fully saturated rings. The van der Waals surface area contributed by atoms with Crippen LogP contribution in [-0.2, 0) is 13.1 Å². The van der Waals surface area contributed by atoms with Crippen LogP contribution in [0.4, 0.5) is 0 Å². The summed E-state index contributed by atoms with van der Waals surface area (Å²) in [6.07, 6.45) is 6.16. The van der Waals surface area contributed by atoms with Crippen LogP contribution in [0.2, 0.25) is 0 Å². The topological polar surface area (TPSA) is 64.2 Å². The minimum absolute atomic E-state index is 0.103. The lowest BCUT2D eigenvalue weighted by Gasteiger charge is -2.26. The Balaban J connectivity index is 1.58. The highest BCUT2D eigenvalue weighted by Gasteiger charge is 2.32. The van der Waals surface area contributed by atoms with Crippen molar-refractivity contribution < 1.29 is 4.52 Å². The molecule has 6 heteroatoms. The standard InChI is InChI=1S/C20H22N4O2/c25-20-16-4-1-2-5-17(16)21-19(24(20)12-14-7-8-14)18-6-3-10-23(18)13-15-9-11-26-22-15/h1-2,4-5,9,11,14,18H,3,6-8,10,12-13H2. The van der Waals surface area contributed by atoms with Crippen LogP contribution < -0.4 is 5.56 Å². The van der Waals surface area contributed by atoms with E-state index in [4.69, 9.17) is 9.51 Å². The van der Waals surface area contributed by atoms with E-state index in [0.29, 0.717) is 5.92 Å². The molecule has 0 N–H and O–H groups in total. The van der Waals surface area contributed by atoms with E-state index < -0.39 is 0 Å². The molecule has 2 aromatic heterocycles. The molecule has 1 unspecified atom stereocenters. The van der Waals surface area contributed by atoms with Crippen molar-refractivity contribution in [2.45, 2.75) is 44.8 Å². The van der Waals surface area contributed by atoms with Gasteiger partial charge in [-0.3, -0.25) is 14.3 Å². The number of para-hydroxylation sites is 1. The van der Waals surface area contributed by atoms with Crippen molar-refractivity contribution in [1.82, 2.24) is 19.6 Å². The Morgan fingerprint density at radius 3 is 2.85 bits per heavy atom. The molecule has 2 aliphatic rings. The van der Waals surface area contributed by atoms with Crippen molar-refractivity contribution in [3.8, 4) is 0 Å². The zero-order chi connectivity index (χ0) is 17.5. The van der Waals surface area contributed by atoms with Crippen LogP contribution in [0, 0.1) is 5.92 Å². The van der Waals surface area contributed by atoms with Crippen LogP contribution in [0.15, 0.2) is 45.9 Å². The van der Waals surface area contributed by atoms with Crippen LogP contribution in [0.3, 0.4) is 0 Å². The van der Waals surface area contributed by atoms with Crippen molar-refractivity contribution in [3.63, 3.8) is 0 Å². The second-order valence-corrected chi connectivity index (χ2v) is 7.47. The summed E-state index contributed by atoms with van der Waals surface area (Å²) >= 11 is 0. The maximum atomic E-state index is 13.2. The monoisotopic (exact) mass is 350 g/mol. The SMILES string of the molecule is O=c1c2ccccc2nc(C2CCCN2Cc2ccon2)n1CC1CC1. The number of hydrogen-bond acceptors (Lipinski definition) is 5. The Morgan fingerprint density at radius 1 is 1.15 bits per heavy atom. The molecule has 26 heavy (non-hydrogen) atoms. The average molecular weight is 350 g/mol. The Morgan fingerprint density at radius 2 is 2.04 bits per heavy atom. The molecule has 134 valence electrons. The number of aromatic nitrogens is 3. The van der Waals surface area contributed by atoms with Crippen molar-refractivity contribution in [2.24, 2.45) is 5.92 Å². The molecule has 0 bridgehead atoms. The summed E-state index contributed by atoms with van der Waals surface area (Å²) in [4.78, 5) is 20.5. The summed E-state index contributed by atoms with van der Waals surface area (Å²) < 4.78 is 6.93. The van der Waals surface area contributed by atoms with Gasteiger partial charge in [-0.05, 0) is 50.3 Å². The summed E-state index contributed by atoms with van der Waals surface area (Å²) in [5.41, 5.74) is 1.83. The molecule has 1 aromatic carbocycles. The zero-order valence-electron chi connectivity index (χ0n) is 14.7. The van der Waals surface area contributed by atoms with E-state index in [1.807, 2.05) is 34.9 Å². The first-order chi connectivity index (χ1) is 12.8. The van der Waals surface area contributed by atoms with Crippen molar-refractivity contribution in [2.75, 3.05) is 6.54 Å². The smallest absolute Gasteiger partial charge is 0.261 e. The molecule has 1 saturated carbocycles. The molecular formula is C20H22N4O2. The van der Waals surface area contributed by atoms with Gasteiger partial charge in [0.2, 0.25) is 0 Å². The van der Waals surface area contributed by atoms with Gasteiger partial charge in [0.25, 0.3) is 5.56 Å². The van der Waals surface area contributed by atoms with Gasteiger partial charge >= 0.3 is 0 Å². The number of nitrogens with zero attached hydrogens (tertiary/aromatic N) is 4. The van der Waals surface area contributed by atoms with E-state index >= 15 is 0 Å². The van der Waals surface area contributed by atoms with Crippen LogP contribution in [0.5, 0.6) is 0 Å². The van der Waals surface area contributed by atoms with Crippen LogP contribution >= 0.6 is 0 Å². The Hall–Kier alpha value is -2.47. The summed E-state index contributed by atoms with van der Waals surface area (Å²) in [5, 5.41) is 4.77. The summed E-state index contributed by atoms with van der Waals surface area (Å²) in [7, 11) is 0. The Kier molecular flexibility index (Phi) is 3.85. The molecule has 3 heterocycles. The third-order valence-corrected chi connectivity index (χ3v) is 5.55. The molecule has 3 aromatic rings. The lowest BCUT2D eigenvalue weighted by Crippen LogP contribution is -2.32. The van der Waals surface area contributed by atoms with E-state index in [2.05, 4.69) is 10.1 Å². The van der Waals surface area contributed by atoms with Gasteiger partial charge in [0.05, 0.1) is 22.6 Å². The minimum atomic E-state index is 0.103. The molecule has 6 nitrogen and oxygen atoms in total. The lowest BCUT2D eigenvalue weighted by atomic mass is 10.1. The van der Waals surface area contributed by atoms with Crippen LogP contribution in [0.25, 0.3) is 10.9 Å². The van der Waals surface area contributed by atoms with Gasteiger partial charge in [-0.2, -0.15) is 0 Å². The van der Waals surface area contributed by atoms with Crippen LogP contribution in [0.1, 0.15) is 43.2 Å². The quantitative estimate of drug-likeness (QED) is 0.707. The van der Waals surface area contributed by atoms with E-state index in [1.165, 1.54) is 12.8 Å². The van der Waals surface area contributed by atoms with Gasteiger partial charge in [0.1, 0.15) is 12.1 Å². The highest BCUT2D eigenvalue weighted by Crippen LogP contribution is 2.35. The molecule has 1 atom stereocenters. The third-order valence-electron chi connectivity index (χ3n) is 5.55. The normalized spacial score (nSPS) is 20.8. The summed E-state index contributed by atoms with van der Waals surface area (Å²) in [6.45, 7) is 2.51. The molecule has 0 amide bonds. The van der Waals surface area contributed by atoms with Gasteiger partial charge in [0, 0.05) is 19.2 Å². The number of benzene rings is 1. The van der Waals surface area contributed by atoms with E-state index in [9.17, 15) is 4.79 Å². The summed E-state index contributed by atoms with van der Waals surface area (Å²) in [6, 6.07) is 9.76. The molecule has 1 aliphatic heterocycles. The number of hydrogen-bond donors (Lipinski definition) is 0. The molecule has 1 aliphatic carbocycles. The Labute approximate surface area is 151 Å². The fourth-order valence-electron chi connectivity index (χ4n) is 4.01. The highest BCUT2D eigenvalue weighted by atomic mass is 16.5. The molecule has 0 radical (unpaired) electrons. The second kappa shape index (κ2) is 6.36. The number of fused-ring (bicyclic) bond motifs is 1. The fraction of sp³-hybridized carbons (Fsp3) is 0.450. The highest BCUT2D eigenvalue weighted by molar-refractivity contribution is 5.77. The lowest BCUT2D eigenvalue weighted by molar-refractivity contribution is 0.225. The van der Waals surface area contributed by atoms with Gasteiger partial charge < -0.3 is 4.52 Å².